The second-order valence-corrected chi connectivity index (χ2v) is 7.32. The monoisotopic (exact) mass is 566 g/mol. The van der Waals surface area contributed by atoms with E-state index < -0.39 is 0 Å². The number of hydrogen-bond acceptors (Lipinski definition) is 6. The van der Waals surface area contributed by atoms with Crippen molar-refractivity contribution < 1.29 is 9.53 Å². The van der Waals surface area contributed by atoms with Crippen LogP contribution in [-0.4, -0.2) is 78.0 Å². The zero-order valence-corrected chi connectivity index (χ0v) is 21.4. The van der Waals surface area contributed by atoms with Gasteiger partial charge < -0.3 is 25.6 Å². The van der Waals surface area contributed by atoms with Crippen molar-refractivity contribution in [2.45, 2.75) is 19.8 Å². The van der Waals surface area contributed by atoms with Crippen LogP contribution in [0.15, 0.2) is 35.3 Å². The van der Waals surface area contributed by atoms with Crippen molar-refractivity contribution in [3.8, 4) is 11.8 Å². The van der Waals surface area contributed by atoms with Crippen LogP contribution in [-0.2, 0) is 11.2 Å². The average Bonchev–Trinajstić information content (AvgIpc) is 3.15. The molecule has 0 spiro atoms. The first kappa shape index (κ1) is 26.2. The summed E-state index contributed by atoms with van der Waals surface area (Å²) in [6.45, 7) is 5.44. The van der Waals surface area contributed by atoms with Gasteiger partial charge in [0.25, 0.3) is 0 Å². The fraction of sp³-hybridized carbons (Fsp3) is 0.455. The molecular formula is C22H31IN8O2. The van der Waals surface area contributed by atoms with Gasteiger partial charge in [-0.15, -0.1) is 24.0 Å². The van der Waals surface area contributed by atoms with Gasteiger partial charge in [0.2, 0.25) is 0 Å². The number of halogens is 1. The molecule has 33 heavy (non-hydrogen) atoms. The van der Waals surface area contributed by atoms with Crippen molar-refractivity contribution in [1.82, 2.24) is 24.9 Å². The number of para-hydroxylation sites is 1. The largest absolute Gasteiger partial charge is 0.450 e. The molecule has 10 nitrogen and oxygen atoms in total. The fourth-order valence-electron chi connectivity index (χ4n) is 3.65. The molecule has 2 heterocycles. The van der Waals surface area contributed by atoms with Crippen LogP contribution in [0.3, 0.4) is 0 Å². The maximum absolute atomic E-state index is 11.9. The number of benzene rings is 1. The Balaban J connectivity index is 0.00000385. The molecule has 11 heteroatoms. The van der Waals surface area contributed by atoms with E-state index >= 15 is 0 Å². The summed E-state index contributed by atoms with van der Waals surface area (Å²) in [6, 6.07) is 11.7. The summed E-state index contributed by atoms with van der Waals surface area (Å²) in [4.78, 5) is 20.1. The van der Waals surface area contributed by atoms with E-state index in [0.29, 0.717) is 62.8 Å². The van der Waals surface area contributed by atoms with Crippen LogP contribution in [0.2, 0.25) is 0 Å². The number of ether oxygens (including phenoxy) is 1. The molecule has 0 aliphatic carbocycles. The molecule has 1 saturated heterocycles. The summed E-state index contributed by atoms with van der Waals surface area (Å²) >= 11 is 0. The average molecular weight is 566 g/mol. The second-order valence-electron chi connectivity index (χ2n) is 7.32. The molecule has 2 aromatic rings. The topological polar surface area (TPSA) is 125 Å². The smallest absolute Gasteiger partial charge is 0.409 e. The van der Waals surface area contributed by atoms with Crippen LogP contribution in [0.1, 0.15) is 24.6 Å². The molecule has 1 fully saturated rings. The lowest BCUT2D eigenvalue weighted by molar-refractivity contribution is 0.0914. The van der Waals surface area contributed by atoms with Crippen LogP contribution >= 0.6 is 24.0 Å². The van der Waals surface area contributed by atoms with Crippen molar-refractivity contribution in [2.24, 2.45) is 4.99 Å². The number of nitriles is 1. The Hall–Kier alpha value is -3.01. The van der Waals surface area contributed by atoms with Gasteiger partial charge in [0.1, 0.15) is 17.5 Å². The number of guanidine groups is 1. The molecule has 0 unspecified atom stereocenters. The quantitative estimate of drug-likeness (QED) is 0.238. The first-order valence-corrected chi connectivity index (χ1v) is 10.8. The Morgan fingerprint density at radius 3 is 2.52 bits per heavy atom. The highest BCUT2D eigenvalue weighted by Crippen LogP contribution is 2.21. The summed E-state index contributed by atoms with van der Waals surface area (Å²) in [7, 11) is 1.75. The zero-order chi connectivity index (χ0) is 22.9. The maximum atomic E-state index is 11.9. The highest BCUT2D eigenvalue weighted by Gasteiger charge is 2.23. The fourth-order valence-corrected chi connectivity index (χ4v) is 3.65. The minimum Gasteiger partial charge on any atom is -0.450 e. The number of aryl methyl sites for hydroxylation is 1. The van der Waals surface area contributed by atoms with Crippen molar-refractivity contribution in [3.05, 3.63) is 41.6 Å². The number of anilines is 1. The Bertz CT molecular complexity index is 978. The lowest BCUT2D eigenvalue weighted by Gasteiger charge is -2.35. The summed E-state index contributed by atoms with van der Waals surface area (Å²) in [5.41, 5.74) is 8.11. The minimum atomic E-state index is -0.266. The van der Waals surface area contributed by atoms with Gasteiger partial charge in [0, 0.05) is 39.8 Å². The lowest BCUT2D eigenvalue weighted by atomic mass is 10.1. The van der Waals surface area contributed by atoms with E-state index in [4.69, 9.17) is 10.5 Å². The van der Waals surface area contributed by atoms with E-state index in [2.05, 4.69) is 26.4 Å². The van der Waals surface area contributed by atoms with Crippen molar-refractivity contribution in [1.29, 1.82) is 5.26 Å². The van der Waals surface area contributed by atoms with Crippen LogP contribution in [0.4, 0.5) is 10.6 Å². The van der Waals surface area contributed by atoms with Crippen molar-refractivity contribution >= 4 is 41.8 Å². The van der Waals surface area contributed by atoms with Crippen LogP contribution in [0, 0.1) is 11.3 Å². The molecule has 0 radical (unpaired) electrons. The Morgan fingerprint density at radius 2 is 1.91 bits per heavy atom. The number of amides is 1. The van der Waals surface area contributed by atoms with Gasteiger partial charge in [-0.25, -0.2) is 9.48 Å². The molecular weight excluding hydrogens is 535 g/mol. The summed E-state index contributed by atoms with van der Waals surface area (Å²) in [5, 5.41) is 17.5. The molecule has 0 atom stereocenters. The molecule has 1 aromatic heterocycles. The van der Waals surface area contributed by atoms with Gasteiger partial charge in [-0.05, 0) is 31.9 Å². The van der Waals surface area contributed by atoms with Crippen LogP contribution in [0.5, 0.6) is 0 Å². The van der Waals surface area contributed by atoms with Crippen LogP contribution in [0.25, 0.3) is 5.69 Å². The Morgan fingerprint density at radius 1 is 1.24 bits per heavy atom. The summed E-state index contributed by atoms with van der Waals surface area (Å²) in [6.07, 6.45) is 1.12. The number of nitrogens with zero attached hydrogens (tertiary/aromatic N) is 6. The number of piperazine rings is 1. The molecule has 178 valence electrons. The second kappa shape index (κ2) is 12.9. The van der Waals surface area contributed by atoms with E-state index in [1.165, 1.54) is 0 Å². The molecule has 1 aliphatic rings. The van der Waals surface area contributed by atoms with Gasteiger partial charge in [0.05, 0.1) is 18.0 Å². The van der Waals surface area contributed by atoms with Gasteiger partial charge in [-0.1, -0.05) is 18.2 Å². The third-order valence-corrected chi connectivity index (χ3v) is 5.30. The third kappa shape index (κ3) is 6.50. The molecule has 0 bridgehead atoms. The Kier molecular flexibility index (Phi) is 10.2. The molecule has 3 N–H and O–H groups in total. The van der Waals surface area contributed by atoms with E-state index in [0.717, 1.165) is 18.1 Å². The zero-order valence-electron chi connectivity index (χ0n) is 19.0. The number of nitrogens with one attached hydrogen (secondary N) is 1. The number of aliphatic imine (C=N–C) groups is 1. The SMILES string of the molecule is CCOC(=O)N1CCN(C(=NC)NCCCc2nn(-c3ccccc3)c(N)c2C#N)CC1.I. The normalized spacial score (nSPS) is 13.8. The molecule has 1 amide bonds. The standard InChI is InChI=1S/C22H30N8O2.HI/c1-3-32-22(31)29-14-12-28(13-15-29)21(25-2)26-11-7-10-19-18(16-23)20(24)30(27-19)17-8-5-4-6-9-17;/h4-6,8-9H,3,7,10-15,24H2,1-2H3,(H,25,26);1H. The first-order valence-electron chi connectivity index (χ1n) is 10.8. The van der Waals surface area contributed by atoms with E-state index in [-0.39, 0.29) is 30.1 Å². The number of hydrogen-bond donors (Lipinski definition) is 2. The van der Waals surface area contributed by atoms with E-state index in [1.54, 1.807) is 23.6 Å². The highest BCUT2D eigenvalue weighted by atomic mass is 127. The number of carbonyl (C=O) groups is 1. The van der Waals surface area contributed by atoms with Crippen molar-refractivity contribution in [2.75, 3.05) is 52.1 Å². The van der Waals surface area contributed by atoms with Crippen molar-refractivity contribution in [3.63, 3.8) is 0 Å². The molecule has 3 rings (SSSR count). The number of rotatable bonds is 6. The van der Waals surface area contributed by atoms with Crippen LogP contribution < -0.4 is 11.1 Å². The van der Waals surface area contributed by atoms with Gasteiger partial charge in [-0.2, -0.15) is 10.4 Å². The maximum Gasteiger partial charge on any atom is 0.409 e. The van der Waals surface area contributed by atoms with Gasteiger partial charge >= 0.3 is 6.09 Å². The predicted molar refractivity (Wildman–Crippen MR) is 138 cm³/mol. The third-order valence-electron chi connectivity index (χ3n) is 5.30. The Labute approximate surface area is 211 Å². The lowest BCUT2D eigenvalue weighted by Crippen LogP contribution is -2.54. The van der Waals surface area contributed by atoms with E-state index in [1.807, 2.05) is 30.3 Å². The van der Waals surface area contributed by atoms with E-state index in [9.17, 15) is 10.1 Å². The molecule has 0 saturated carbocycles. The highest BCUT2D eigenvalue weighted by molar-refractivity contribution is 14.0. The number of carbonyl (C=O) groups excluding carboxylic acids is 1. The van der Waals surface area contributed by atoms with Gasteiger partial charge in [0.15, 0.2) is 5.96 Å². The molecule has 1 aliphatic heterocycles. The van der Waals surface area contributed by atoms with Gasteiger partial charge in [-0.3, -0.25) is 4.99 Å². The minimum absolute atomic E-state index is 0. The number of nitrogen functional groups attached to an aromatic ring is 1. The summed E-state index contributed by atoms with van der Waals surface area (Å²) < 4.78 is 6.68. The first-order chi connectivity index (χ1) is 15.6. The predicted octanol–water partition coefficient (Wildman–Crippen LogP) is 2.23. The number of nitrogens with two attached hydrogens (primary N) is 1. The number of aromatic nitrogens is 2. The molecule has 1 aromatic carbocycles. The summed E-state index contributed by atoms with van der Waals surface area (Å²) in [5.74, 6) is 1.15.